The van der Waals surface area contributed by atoms with Gasteiger partial charge < -0.3 is 14.2 Å². The van der Waals surface area contributed by atoms with Crippen molar-refractivity contribution in [2.75, 3.05) is 26.2 Å². The van der Waals surface area contributed by atoms with E-state index < -0.39 is 0 Å². The third-order valence-electron chi connectivity index (χ3n) is 4.64. The second kappa shape index (κ2) is 7.11. The number of cyclic esters (lactones) is 1. The molecule has 0 saturated carbocycles. The molecule has 1 unspecified atom stereocenters. The number of aryl methyl sites for hydroxylation is 1. The minimum absolute atomic E-state index is 0.0156. The van der Waals surface area contributed by atoms with Crippen LogP contribution >= 0.6 is 0 Å². The Labute approximate surface area is 149 Å². The molecular formula is C17H19N5O4. The normalized spacial score (nSPS) is 19.4. The number of fused-ring (bicyclic) bond motifs is 1. The second-order valence-corrected chi connectivity index (χ2v) is 6.37. The zero-order valence-corrected chi connectivity index (χ0v) is 14.2. The summed E-state index contributed by atoms with van der Waals surface area (Å²) in [4.78, 5) is 35.8. The van der Waals surface area contributed by atoms with Gasteiger partial charge in [0, 0.05) is 50.4 Å². The summed E-state index contributed by atoms with van der Waals surface area (Å²) in [5.74, 6) is 1.09. The van der Waals surface area contributed by atoms with E-state index in [0.717, 1.165) is 5.56 Å². The minimum atomic E-state index is -0.275. The lowest BCUT2D eigenvalue weighted by atomic mass is 10.1. The average molecular weight is 357 g/mol. The summed E-state index contributed by atoms with van der Waals surface area (Å²) >= 11 is 0. The first-order valence-electron chi connectivity index (χ1n) is 8.65. The SMILES string of the molecule is O=C(CCCc1nc(-c2cccnc2)no1)N1CCN2C(=O)OCC2C1. The van der Waals surface area contributed by atoms with Crippen LogP contribution in [0.25, 0.3) is 11.4 Å². The molecule has 2 amide bonds. The first-order valence-corrected chi connectivity index (χ1v) is 8.65. The Morgan fingerprint density at radius 2 is 2.27 bits per heavy atom. The highest BCUT2D eigenvalue weighted by molar-refractivity contribution is 5.77. The maximum atomic E-state index is 12.4. The lowest BCUT2D eigenvalue weighted by Crippen LogP contribution is -2.53. The highest BCUT2D eigenvalue weighted by Gasteiger charge is 2.38. The number of ether oxygens (including phenoxy) is 1. The fourth-order valence-electron chi connectivity index (χ4n) is 3.23. The molecule has 2 aromatic rings. The van der Waals surface area contributed by atoms with Crippen molar-refractivity contribution in [2.45, 2.75) is 25.3 Å². The van der Waals surface area contributed by atoms with Gasteiger partial charge in [0.1, 0.15) is 6.61 Å². The monoisotopic (exact) mass is 357 g/mol. The van der Waals surface area contributed by atoms with Crippen LogP contribution in [-0.2, 0) is 16.0 Å². The Kier molecular flexibility index (Phi) is 4.51. The number of carbonyl (C=O) groups is 2. The Hall–Kier alpha value is -2.97. The summed E-state index contributed by atoms with van der Waals surface area (Å²) in [6, 6.07) is 3.66. The van der Waals surface area contributed by atoms with Gasteiger partial charge in [0.05, 0.1) is 6.04 Å². The summed E-state index contributed by atoms with van der Waals surface area (Å²) < 4.78 is 10.3. The molecule has 0 aromatic carbocycles. The van der Waals surface area contributed by atoms with Gasteiger partial charge in [-0.1, -0.05) is 5.16 Å². The number of pyridine rings is 1. The number of hydrogen-bond acceptors (Lipinski definition) is 7. The molecule has 2 aromatic heterocycles. The van der Waals surface area contributed by atoms with Crippen molar-refractivity contribution in [3.63, 3.8) is 0 Å². The summed E-state index contributed by atoms with van der Waals surface area (Å²) in [6.45, 7) is 1.99. The van der Waals surface area contributed by atoms with E-state index in [1.54, 1.807) is 22.2 Å². The van der Waals surface area contributed by atoms with Crippen molar-refractivity contribution in [1.29, 1.82) is 0 Å². The van der Waals surface area contributed by atoms with Crippen LogP contribution in [0.15, 0.2) is 29.0 Å². The fourth-order valence-corrected chi connectivity index (χ4v) is 3.23. The van der Waals surface area contributed by atoms with Crippen molar-refractivity contribution < 1.29 is 18.8 Å². The predicted octanol–water partition coefficient (Wildman–Crippen LogP) is 1.12. The predicted molar refractivity (Wildman–Crippen MR) is 88.9 cm³/mol. The van der Waals surface area contributed by atoms with Gasteiger partial charge in [-0.25, -0.2) is 4.79 Å². The Morgan fingerprint density at radius 3 is 3.12 bits per heavy atom. The van der Waals surface area contributed by atoms with Crippen LogP contribution in [-0.4, -0.2) is 69.2 Å². The lowest BCUT2D eigenvalue weighted by molar-refractivity contribution is -0.133. The first kappa shape index (κ1) is 16.5. The maximum Gasteiger partial charge on any atom is 0.410 e. The molecule has 0 N–H and O–H groups in total. The molecule has 2 aliphatic rings. The molecule has 9 heteroatoms. The van der Waals surface area contributed by atoms with E-state index in [2.05, 4.69) is 15.1 Å². The number of nitrogens with zero attached hydrogens (tertiary/aromatic N) is 5. The number of hydrogen-bond donors (Lipinski definition) is 0. The first-order chi connectivity index (χ1) is 12.7. The molecule has 9 nitrogen and oxygen atoms in total. The highest BCUT2D eigenvalue weighted by Crippen LogP contribution is 2.19. The number of aromatic nitrogens is 3. The zero-order valence-electron chi connectivity index (χ0n) is 14.2. The van der Waals surface area contributed by atoms with Crippen LogP contribution in [0.2, 0.25) is 0 Å². The molecule has 136 valence electrons. The van der Waals surface area contributed by atoms with Gasteiger partial charge in [0.25, 0.3) is 0 Å². The zero-order chi connectivity index (χ0) is 17.9. The van der Waals surface area contributed by atoms with Crippen molar-refractivity contribution in [2.24, 2.45) is 0 Å². The van der Waals surface area contributed by atoms with Gasteiger partial charge in [-0.2, -0.15) is 4.98 Å². The molecular weight excluding hydrogens is 338 g/mol. The van der Waals surface area contributed by atoms with Crippen molar-refractivity contribution >= 4 is 12.0 Å². The third-order valence-corrected chi connectivity index (χ3v) is 4.64. The molecule has 2 aliphatic heterocycles. The van der Waals surface area contributed by atoms with E-state index in [0.29, 0.717) is 57.2 Å². The summed E-state index contributed by atoms with van der Waals surface area (Å²) in [7, 11) is 0. The van der Waals surface area contributed by atoms with Gasteiger partial charge in [-0.15, -0.1) is 0 Å². The average Bonchev–Trinajstić information content (AvgIpc) is 3.29. The van der Waals surface area contributed by atoms with Crippen LogP contribution in [0, 0.1) is 0 Å². The van der Waals surface area contributed by atoms with Crippen LogP contribution < -0.4 is 0 Å². The standard InChI is InChI=1S/C17H19N5O4/c23-15(21-7-8-22-13(10-21)11-25-17(22)24)5-1-4-14-19-16(20-26-14)12-3-2-6-18-9-12/h2-3,6,9,13H,1,4-5,7-8,10-11H2. The van der Waals surface area contributed by atoms with Gasteiger partial charge in [0.2, 0.25) is 17.6 Å². The Bertz CT molecular complexity index is 793. The summed E-state index contributed by atoms with van der Waals surface area (Å²) in [5.41, 5.74) is 0.796. The lowest BCUT2D eigenvalue weighted by Gasteiger charge is -2.35. The van der Waals surface area contributed by atoms with Crippen LogP contribution in [0.5, 0.6) is 0 Å². The number of piperazine rings is 1. The summed E-state index contributed by atoms with van der Waals surface area (Å²) in [6.07, 6.45) is 4.67. The van der Waals surface area contributed by atoms with E-state index in [9.17, 15) is 9.59 Å². The maximum absolute atomic E-state index is 12.4. The molecule has 4 rings (SSSR count). The van der Waals surface area contributed by atoms with Gasteiger partial charge in [0.15, 0.2) is 0 Å². The molecule has 0 spiro atoms. The Morgan fingerprint density at radius 1 is 1.35 bits per heavy atom. The molecule has 0 bridgehead atoms. The molecule has 0 aliphatic carbocycles. The molecule has 2 fully saturated rings. The van der Waals surface area contributed by atoms with Gasteiger partial charge in [-0.05, 0) is 18.6 Å². The second-order valence-electron chi connectivity index (χ2n) is 6.37. The van der Waals surface area contributed by atoms with E-state index in [4.69, 9.17) is 9.26 Å². The summed E-state index contributed by atoms with van der Waals surface area (Å²) in [5, 5.41) is 3.94. The van der Waals surface area contributed by atoms with Gasteiger partial charge >= 0.3 is 6.09 Å². The largest absolute Gasteiger partial charge is 0.447 e. The van der Waals surface area contributed by atoms with Crippen LogP contribution in [0.4, 0.5) is 4.79 Å². The minimum Gasteiger partial charge on any atom is -0.447 e. The van der Waals surface area contributed by atoms with Crippen LogP contribution in [0.1, 0.15) is 18.7 Å². The number of carbonyl (C=O) groups excluding carboxylic acids is 2. The Balaban J connectivity index is 1.25. The van der Waals surface area contributed by atoms with Crippen LogP contribution in [0.3, 0.4) is 0 Å². The number of rotatable bonds is 5. The topological polar surface area (TPSA) is 102 Å². The fraction of sp³-hybridized carbons (Fsp3) is 0.471. The van der Waals surface area contributed by atoms with Crippen molar-refractivity contribution in [3.8, 4) is 11.4 Å². The van der Waals surface area contributed by atoms with E-state index >= 15 is 0 Å². The quantitative estimate of drug-likeness (QED) is 0.790. The van der Waals surface area contributed by atoms with E-state index in [1.165, 1.54) is 0 Å². The highest BCUT2D eigenvalue weighted by atomic mass is 16.6. The molecule has 2 saturated heterocycles. The third kappa shape index (κ3) is 3.37. The van der Waals surface area contributed by atoms with E-state index in [1.807, 2.05) is 12.1 Å². The molecule has 1 atom stereocenters. The van der Waals surface area contributed by atoms with E-state index in [-0.39, 0.29) is 18.0 Å². The molecule has 0 radical (unpaired) electrons. The van der Waals surface area contributed by atoms with Crippen molar-refractivity contribution in [3.05, 3.63) is 30.4 Å². The smallest absolute Gasteiger partial charge is 0.410 e. The molecule has 4 heterocycles. The molecule has 26 heavy (non-hydrogen) atoms. The number of amides is 2. The van der Waals surface area contributed by atoms with Gasteiger partial charge in [-0.3, -0.25) is 14.7 Å². The van der Waals surface area contributed by atoms with Crippen molar-refractivity contribution in [1.82, 2.24) is 24.9 Å².